The number of fused-ring (bicyclic) bond motifs is 4. The zero-order chi connectivity index (χ0) is 43.7. The van der Waals surface area contributed by atoms with Crippen molar-refractivity contribution in [3.8, 4) is 17.3 Å². The van der Waals surface area contributed by atoms with Gasteiger partial charge in [-0.15, -0.1) is 0 Å². The molecule has 7 aromatic rings. The number of benzene rings is 2. The van der Waals surface area contributed by atoms with E-state index in [4.69, 9.17) is 35.9 Å². The van der Waals surface area contributed by atoms with Crippen molar-refractivity contribution in [1.29, 1.82) is 0 Å². The number of morpholine rings is 1. The molecule has 0 saturated carbocycles. The molecular weight excluding hydrogens is 789 g/mol. The number of Topliss-reactive ketones (excluding diaryl/α,β-unsaturated/α-hetero) is 1. The molecule has 322 valence electrons. The van der Waals surface area contributed by atoms with Crippen molar-refractivity contribution in [2.45, 2.75) is 73.6 Å². The molecular formula is C45H52N12O5. The lowest BCUT2D eigenvalue weighted by Gasteiger charge is -2.26. The molecule has 17 heteroatoms. The molecule has 0 spiro atoms. The monoisotopic (exact) mass is 840 g/mol. The van der Waals surface area contributed by atoms with Gasteiger partial charge >= 0.3 is 0 Å². The van der Waals surface area contributed by atoms with E-state index in [0.29, 0.717) is 78.2 Å². The molecule has 0 aliphatic carbocycles. The average molecular weight is 841 g/mol. The maximum atomic E-state index is 13.8. The van der Waals surface area contributed by atoms with Crippen LogP contribution < -0.4 is 16.2 Å². The van der Waals surface area contributed by atoms with E-state index in [9.17, 15) is 14.4 Å². The first-order valence-electron chi connectivity index (χ1n) is 21.1. The van der Waals surface area contributed by atoms with Gasteiger partial charge in [0.05, 0.1) is 54.2 Å². The van der Waals surface area contributed by atoms with Gasteiger partial charge < -0.3 is 30.1 Å². The smallest absolute Gasteiger partial charge is 0.248 e. The van der Waals surface area contributed by atoms with Crippen LogP contribution in [0.15, 0.2) is 54.7 Å². The number of imidazole rings is 1. The Balaban J connectivity index is 1.19. The standard InChI is InChI=1S/C45H52N12O5/c1-6-56-35(20-28(4)51-56)37(58)25-39-49-34-23-30(42(46)59)19-27(3)40(34)54(39)12-8-9-13-55-41-32(33-26-48-44(50-45(33)55)36-21-29(5)52-57(36)7-2)22-31(43(47)60)24-38(41)62-16-10-11-53-14-17-61-18-15-53/h8-9,19-24,26H,6-7,10-18,25H2,1-5H3,(H2,46,59)(H2,47,60)/b9-8+. The van der Waals surface area contributed by atoms with Gasteiger partial charge in [0.15, 0.2) is 11.6 Å². The number of amides is 2. The van der Waals surface area contributed by atoms with Gasteiger partial charge in [-0.05, 0) is 83.0 Å². The topological polar surface area (TPSA) is 209 Å². The molecule has 6 heterocycles. The second-order valence-electron chi connectivity index (χ2n) is 15.6. The number of carbonyl (C=O) groups excluding carboxylic acids is 3. The van der Waals surface area contributed by atoms with Crippen LogP contribution in [0, 0.1) is 20.8 Å². The highest BCUT2D eigenvalue weighted by Gasteiger charge is 2.23. The highest BCUT2D eigenvalue weighted by atomic mass is 16.5. The summed E-state index contributed by atoms with van der Waals surface area (Å²) in [4.78, 5) is 55.9. The van der Waals surface area contributed by atoms with Crippen LogP contribution in [-0.2, 0) is 37.3 Å². The van der Waals surface area contributed by atoms with E-state index in [1.807, 2.05) is 62.1 Å². The Morgan fingerprint density at radius 3 is 2.23 bits per heavy atom. The number of allylic oxidation sites excluding steroid dienone is 2. The summed E-state index contributed by atoms with van der Waals surface area (Å²) >= 11 is 0. The fraction of sp³-hybridized carbons (Fsp3) is 0.378. The maximum Gasteiger partial charge on any atom is 0.248 e. The Hall–Kier alpha value is -6.72. The Labute approximate surface area is 358 Å². The number of aromatic nitrogens is 9. The number of nitrogens with two attached hydrogens (primary N) is 2. The van der Waals surface area contributed by atoms with Gasteiger partial charge in [-0.3, -0.25) is 28.6 Å². The number of ether oxygens (including phenoxy) is 2. The molecule has 62 heavy (non-hydrogen) atoms. The number of hydrogen-bond donors (Lipinski definition) is 2. The molecule has 2 amide bonds. The molecule has 5 aromatic heterocycles. The molecule has 2 aromatic carbocycles. The number of nitrogens with zero attached hydrogens (tertiary/aromatic N) is 10. The Kier molecular flexibility index (Phi) is 12.0. The van der Waals surface area contributed by atoms with E-state index >= 15 is 0 Å². The first kappa shape index (κ1) is 42.0. The summed E-state index contributed by atoms with van der Waals surface area (Å²) in [7, 11) is 0. The van der Waals surface area contributed by atoms with Crippen LogP contribution in [0.2, 0.25) is 0 Å². The Morgan fingerprint density at radius 1 is 0.806 bits per heavy atom. The summed E-state index contributed by atoms with van der Waals surface area (Å²) in [5.41, 5.74) is 18.7. The largest absolute Gasteiger partial charge is 0.491 e. The maximum absolute atomic E-state index is 13.8. The van der Waals surface area contributed by atoms with Gasteiger partial charge in [-0.2, -0.15) is 10.2 Å². The van der Waals surface area contributed by atoms with Crippen molar-refractivity contribution in [3.63, 3.8) is 0 Å². The number of ketones is 1. The first-order chi connectivity index (χ1) is 29.9. The molecule has 0 unspecified atom stereocenters. The fourth-order valence-electron chi connectivity index (χ4n) is 8.39. The summed E-state index contributed by atoms with van der Waals surface area (Å²) < 4.78 is 19.7. The molecule has 0 atom stereocenters. The molecule has 1 fully saturated rings. The molecule has 1 aliphatic heterocycles. The minimum atomic E-state index is -0.569. The van der Waals surface area contributed by atoms with Crippen molar-refractivity contribution in [2.75, 3.05) is 39.5 Å². The first-order valence-corrected chi connectivity index (χ1v) is 21.1. The fourth-order valence-corrected chi connectivity index (χ4v) is 8.39. The van der Waals surface area contributed by atoms with Crippen LogP contribution in [0.3, 0.4) is 0 Å². The van der Waals surface area contributed by atoms with Crippen LogP contribution in [0.5, 0.6) is 5.75 Å². The van der Waals surface area contributed by atoms with E-state index in [0.717, 1.165) is 83.7 Å². The van der Waals surface area contributed by atoms with Crippen LogP contribution in [-0.4, -0.2) is 106 Å². The van der Waals surface area contributed by atoms with Crippen molar-refractivity contribution >= 4 is 50.6 Å². The third-order valence-electron chi connectivity index (χ3n) is 11.3. The molecule has 8 rings (SSSR count). The van der Waals surface area contributed by atoms with Crippen molar-refractivity contribution in [2.24, 2.45) is 11.5 Å². The zero-order valence-corrected chi connectivity index (χ0v) is 35.8. The normalized spacial score (nSPS) is 13.6. The third-order valence-corrected chi connectivity index (χ3v) is 11.3. The second kappa shape index (κ2) is 17.7. The Morgan fingerprint density at radius 2 is 1.50 bits per heavy atom. The van der Waals surface area contributed by atoms with Crippen molar-refractivity contribution < 1.29 is 23.9 Å². The highest BCUT2D eigenvalue weighted by molar-refractivity contribution is 6.11. The number of rotatable bonds is 17. The van der Waals surface area contributed by atoms with E-state index in [1.54, 1.807) is 41.2 Å². The van der Waals surface area contributed by atoms with E-state index in [2.05, 4.69) is 19.7 Å². The summed E-state index contributed by atoms with van der Waals surface area (Å²) in [6.45, 7) is 16.1. The molecule has 1 aliphatic rings. The van der Waals surface area contributed by atoms with Crippen LogP contribution >= 0.6 is 0 Å². The quantitative estimate of drug-likeness (QED) is 0.0713. The van der Waals surface area contributed by atoms with Gasteiger partial charge in [-0.25, -0.2) is 15.0 Å². The predicted octanol–water partition coefficient (Wildman–Crippen LogP) is 4.94. The predicted molar refractivity (Wildman–Crippen MR) is 235 cm³/mol. The number of hydrogen-bond acceptors (Lipinski definition) is 11. The Bertz CT molecular complexity index is 2870. The minimum absolute atomic E-state index is 0.0216. The molecule has 0 bridgehead atoms. The van der Waals surface area contributed by atoms with Gasteiger partial charge in [-0.1, -0.05) is 12.2 Å². The van der Waals surface area contributed by atoms with Gasteiger partial charge in [0.1, 0.15) is 28.6 Å². The zero-order valence-electron chi connectivity index (χ0n) is 35.8. The molecule has 1 saturated heterocycles. The van der Waals surface area contributed by atoms with Crippen LogP contribution in [0.1, 0.15) is 74.2 Å². The second-order valence-corrected chi connectivity index (χ2v) is 15.6. The summed E-state index contributed by atoms with van der Waals surface area (Å²) in [6.07, 6.45) is 6.63. The molecule has 17 nitrogen and oxygen atoms in total. The number of carbonyl (C=O) groups is 3. The lowest BCUT2D eigenvalue weighted by Crippen LogP contribution is -2.37. The SMILES string of the molecule is CCn1nc(C)cc1C(=O)Cc1nc2cc(C(N)=O)cc(C)c2n1C/C=C/Cn1c2nc(-c3cc(C)nn3CC)ncc2c2cc(C(N)=O)cc(OCCCN3CCOCC3)c21. The highest BCUT2D eigenvalue weighted by Crippen LogP contribution is 2.37. The minimum Gasteiger partial charge on any atom is -0.491 e. The molecule has 4 N–H and O–H groups in total. The van der Waals surface area contributed by atoms with E-state index in [-0.39, 0.29) is 12.2 Å². The summed E-state index contributed by atoms with van der Waals surface area (Å²) in [6, 6.07) is 10.7. The van der Waals surface area contributed by atoms with Gasteiger partial charge in [0.25, 0.3) is 0 Å². The van der Waals surface area contributed by atoms with Crippen molar-refractivity contribution in [3.05, 3.63) is 94.3 Å². The summed E-state index contributed by atoms with van der Waals surface area (Å²) in [5, 5.41) is 10.6. The lowest BCUT2D eigenvalue weighted by atomic mass is 10.1. The van der Waals surface area contributed by atoms with Gasteiger partial charge in [0.2, 0.25) is 11.8 Å². The van der Waals surface area contributed by atoms with Gasteiger partial charge in [0, 0.05) is 73.9 Å². The van der Waals surface area contributed by atoms with Crippen LogP contribution in [0.4, 0.5) is 0 Å². The van der Waals surface area contributed by atoms with Crippen LogP contribution in [0.25, 0.3) is 44.5 Å². The molecule has 0 radical (unpaired) electrons. The van der Waals surface area contributed by atoms with Crippen molar-refractivity contribution in [1.82, 2.24) is 48.5 Å². The van der Waals surface area contributed by atoms with E-state index < -0.39 is 11.8 Å². The van der Waals surface area contributed by atoms with E-state index in [1.165, 1.54) is 0 Å². The third kappa shape index (κ3) is 8.32. The number of aryl methyl sites for hydroxylation is 5. The summed E-state index contributed by atoms with van der Waals surface area (Å²) in [5.74, 6) is 0.337. The number of primary amides is 2. The lowest BCUT2D eigenvalue weighted by molar-refractivity contribution is 0.0358. The average Bonchev–Trinajstić information content (AvgIpc) is 4.02.